The van der Waals surface area contributed by atoms with Crippen LogP contribution in [0.25, 0.3) is 0 Å². The lowest BCUT2D eigenvalue weighted by molar-refractivity contribution is 0.0240. The fraction of sp³-hybridized carbons (Fsp3) is 0.636. The van der Waals surface area contributed by atoms with Crippen molar-refractivity contribution in [2.45, 2.75) is 60.7 Å². The highest BCUT2D eigenvalue weighted by Crippen LogP contribution is 2.30. The van der Waals surface area contributed by atoms with Crippen molar-refractivity contribution in [1.82, 2.24) is 4.90 Å². The lowest BCUT2D eigenvalue weighted by atomic mass is 10.0. The van der Waals surface area contributed by atoms with Crippen LogP contribution in [0.3, 0.4) is 0 Å². The first-order valence-electron chi connectivity index (χ1n) is 10.4. The number of ether oxygens (including phenoxy) is 2. The molecule has 0 aromatic heterocycles. The minimum absolute atomic E-state index is 0.0360. The Bertz CT molecular complexity index is 652. The first kappa shape index (κ1) is 27.5. The quantitative estimate of drug-likeness (QED) is 0.751. The first-order valence-corrected chi connectivity index (χ1v) is 10.4. The maximum atomic E-state index is 12.1. The van der Waals surface area contributed by atoms with Crippen molar-refractivity contribution in [3.8, 4) is 5.75 Å². The zero-order valence-corrected chi connectivity index (χ0v) is 19.6. The summed E-state index contributed by atoms with van der Waals surface area (Å²) in [4.78, 5) is 27.2. The molecule has 0 radical (unpaired) electrons. The van der Waals surface area contributed by atoms with Gasteiger partial charge in [-0.05, 0) is 32.4 Å². The van der Waals surface area contributed by atoms with Crippen LogP contribution in [0.15, 0.2) is 12.1 Å². The summed E-state index contributed by atoms with van der Waals surface area (Å²) >= 11 is 0. The van der Waals surface area contributed by atoms with E-state index in [0.717, 1.165) is 5.69 Å². The number of hydrogen-bond donors (Lipinski definition) is 2. The zero-order valence-electron chi connectivity index (χ0n) is 19.6. The van der Waals surface area contributed by atoms with Crippen molar-refractivity contribution in [2.75, 3.05) is 38.2 Å². The molecule has 1 heterocycles. The second-order valence-corrected chi connectivity index (χ2v) is 7.10. The SMILES string of the molecule is CC.CC.COc1cc(N2CCN(C(=O)OC(C)(C)C)CC2)cc(CO)c1C(=O)O. The summed E-state index contributed by atoms with van der Waals surface area (Å²) in [6.45, 7) is 15.2. The lowest BCUT2D eigenvalue weighted by Gasteiger charge is -2.37. The summed E-state index contributed by atoms with van der Waals surface area (Å²) in [5, 5.41) is 18.9. The maximum Gasteiger partial charge on any atom is 0.410 e. The molecule has 8 nitrogen and oxygen atoms in total. The van der Waals surface area contributed by atoms with E-state index in [2.05, 4.69) is 0 Å². The van der Waals surface area contributed by atoms with Gasteiger partial charge >= 0.3 is 12.1 Å². The van der Waals surface area contributed by atoms with E-state index in [4.69, 9.17) is 9.47 Å². The van der Waals surface area contributed by atoms with E-state index < -0.39 is 18.2 Å². The third-order valence-corrected chi connectivity index (χ3v) is 4.07. The van der Waals surface area contributed by atoms with Gasteiger partial charge in [0, 0.05) is 37.9 Å². The standard InChI is InChI=1S/C18H26N2O6.2C2H6/c1-18(2,3)26-17(24)20-7-5-19(6-8-20)13-9-12(11-21)15(16(22)23)14(10-13)25-4;2*1-2/h9-10,21H,5-8,11H2,1-4H3,(H,22,23);2*1-2H3. The highest BCUT2D eigenvalue weighted by Gasteiger charge is 2.27. The molecule has 0 unspecified atom stereocenters. The van der Waals surface area contributed by atoms with E-state index in [1.54, 1.807) is 17.0 Å². The molecule has 1 aromatic carbocycles. The Labute approximate surface area is 180 Å². The molecule has 1 fully saturated rings. The van der Waals surface area contributed by atoms with E-state index >= 15 is 0 Å². The van der Waals surface area contributed by atoms with Gasteiger partial charge in [-0.2, -0.15) is 0 Å². The van der Waals surface area contributed by atoms with Crippen LogP contribution in [0.5, 0.6) is 5.75 Å². The Morgan fingerprint density at radius 2 is 1.57 bits per heavy atom. The lowest BCUT2D eigenvalue weighted by Crippen LogP contribution is -2.50. The average Bonchev–Trinajstić information content (AvgIpc) is 2.74. The number of hydrogen-bond acceptors (Lipinski definition) is 6. The van der Waals surface area contributed by atoms with E-state index in [1.165, 1.54) is 7.11 Å². The normalized spacial score (nSPS) is 13.4. The number of aliphatic hydroxyl groups is 1. The number of aliphatic hydroxyl groups excluding tert-OH is 1. The zero-order chi connectivity index (χ0) is 23.5. The number of carboxylic acid groups (broad SMARTS) is 1. The van der Waals surface area contributed by atoms with Gasteiger partial charge in [0.15, 0.2) is 0 Å². The molecule has 0 saturated carbocycles. The van der Waals surface area contributed by atoms with Crippen LogP contribution in [0.4, 0.5) is 10.5 Å². The fourth-order valence-corrected chi connectivity index (χ4v) is 2.84. The van der Waals surface area contributed by atoms with Gasteiger partial charge in [-0.25, -0.2) is 9.59 Å². The van der Waals surface area contributed by atoms with Crippen LogP contribution in [-0.4, -0.2) is 66.1 Å². The monoisotopic (exact) mass is 426 g/mol. The predicted octanol–water partition coefficient (Wildman–Crippen LogP) is 4.00. The van der Waals surface area contributed by atoms with E-state index in [0.29, 0.717) is 31.7 Å². The number of carbonyl (C=O) groups is 2. The Kier molecular flexibility index (Phi) is 11.9. The van der Waals surface area contributed by atoms with Crippen molar-refractivity contribution < 1.29 is 29.3 Å². The smallest absolute Gasteiger partial charge is 0.410 e. The van der Waals surface area contributed by atoms with Gasteiger partial charge in [-0.1, -0.05) is 27.7 Å². The third-order valence-electron chi connectivity index (χ3n) is 4.07. The number of anilines is 1. The van der Waals surface area contributed by atoms with Gasteiger partial charge < -0.3 is 29.5 Å². The molecule has 172 valence electrons. The number of aromatic carboxylic acids is 1. The van der Waals surface area contributed by atoms with Crippen LogP contribution in [0.2, 0.25) is 0 Å². The molecular formula is C22H38N2O6. The Morgan fingerprint density at radius 1 is 1.03 bits per heavy atom. The van der Waals surface area contributed by atoms with Crippen LogP contribution in [0, 0.1) is 0 Å². The van der Waals surface area contributed by atoms with Gasteiger partial charge in [-0.15, -0.1) is 0 Å². The second-order valence-electron chi connectivity index (χ2n) is 7.10. The highest BCUT2D eigenvalue weighted by molar-refractivity contribution is 5.93. The predicted molar refractivity (Wildman–Crippen MR) is 119 cm³/mol. The van der Waals surface area contributed by atoms with Crippen LogP contribution >= 0.6 is 0 Å². The molecule has 1 saturated heterocycles. The fourth-order valence-electron chi connectivity index (χ4n) is 2.84. The van der Waals surface area contributed by atoms with Gasteiger partial charge in [0.2, 0.25) is 0 Å². The molecule has 0 bridgehead atoms. The summed E-state index contributed by atoms with van der Waals surface area (Å²) in [7, 11) is 1.40. The van der Waals surface area contributed by atoms with Crippen LogP contribution < -0.4 is 9.64 Å². The Balaban J connectivity index is 0.00000198. The van der Waals surface area contributed by atoms with Crippen molar-refractivity contribution in [1.29, 1.82) is 0 Å². The summed E-state index contributed by atoms with van der Waals surface area (Å²) < 4.78 is 10.6. The summed E-state index contributed by atoms with van der Waals surface area (Å²) in [5.74, 6) is -0.944. The Hall–Kier alpha value is -2.48. The summed E-state index contributed by atoms with van der Waals surface area (Å²) in [6.07, 6.45) is -0.341. The molecule has 8 heteroatoms. The largest absolute Gasteiger partial charge is 0.496 e. The number of rotatable bonds is 4. The van der Waals surface area contributed by atoms with Crippen molar-refractivity contribution >= 4 is 17.7 Å². The number of piperazine rings is 1. The highest BCUT2D eigenvalue weighted by atomic mass is 16.6. The number of amides is 1. The van der Waals surface area contributed by atoms with Gasteiger partial charge in [-0.3, -0.25) is 0 Å². The van der Waals surface area contributed by atoms with E-state index in [9.17, 15) is 19.8 Å². The molecule has 1 aliphatic heterocycles. The average molecular weight is 427 g/mol. The molecule has 0 spiro atoms. The van der Waals surface area contributed by atoms with E-state index in [1.807, 2.05) is 53.4 Å². The molecule has 1 aliphatic rings. The van der Waals surface area contributed by atoms with Crippen molar-refractivity contribution in [3.05, 3.63) is 23.3 Å². The molecule has 1 amide bonds. The van der Waals surface area contributed by atoms with Crippen LogP contribution in [-0.2, 0) is 11.3 Å². The van der Waals surface area contributed by atoms with Gasteiger partial charge in [0.25, 0.3) is 0 Å². The number of carbonyl (C=O) groups excluding carboxylic acids is 1. The number of methoxy groups -OCH3 is 1. The summed E-state index contributed by atoms with van der Waals surface area (Å²) in [5.41, 5.74) is 0.469. The van der Waals surface area contributed by atoms with Crippen LogP contribution in [0.1, 0.15) is 64.4 Å². The number of benzene rings is 1. The maximum absolute atomic E-state index is 12.1. The Morgan fingerprint density at radius 3 is 1.97 bits per heavy atom. The topological polar surface area (TPSA) is 99.5 Å². The minimum Gasteiger partial charge on any atom is -0.496 e. The molecule has 1 aromatic rings. The minimum atomic E-state index is -1.15. The van der Waals surface area contributed by atoms with Crippen molar-refractivity contribution in [2.24, 2.45) is 0 Å². The molecular weight excluding hydrogens is 388 g/mol. The molecule has 2 N–H and O–H groups in total. The molecule has 0 aliphatic carbocycles. The molecule has 2 rings (SSSR count). The molecule has 0 atom stereocenters. The van der Waals surface area contributed by atoms with Gasteiger partial charge in [0.1, 0.15) is 16.9 Å². The molecule has 30 heavy (non-hydrogen) atoms. The first-order chi connectivity index (χ1) is 14.2. The van der Waals surface area contributed by atoms with E-state index in [-0.39, 0.29) is 17.4 Å². The second kappa shape index (κ2) is 13.0. The van der Waals surface area contributed by atoms with Gasteiger partial charge in [0.05, 0.1) is 13.7 Å². The summed E-state index contributed by atoms with van der Waals surface area (Å²) in [6, 6.07) is 3.29. The number of carboxylic acids is 1. The third kappa shape index (κ3) is 7.74. The number of nitrogens with zero attached hydrogens (tertiary/aromatic N) is 2. The van der Waals surface area contributed by atoms with Crippen molar-refractivity contribution in [3.63, 3.8) is 0 Å².